The Morgan fingerprint density at radius 1 is 1.05 bits per heavy atom. The number of benzene rings is 1. The van der Waals surface area contributed by atoms with Gasteiger partial charge < -0.3 is 10.1 Å². The van der Waals surface area contributed by atoms with Crippen molar-refractivity contribution in [2.75, 3.05) is 13.1 Å². The highest BCUT2D eigenvalue weighted by Crippen LogP contribution is 2.22. The van der Waals surface area contributed by atoms with Crippen molar-refractivity contribution in [2.24, 2.45) is 0 Å². The highest BCUT2D eigenvalue weighted by Gasteiger charge is 2.14. The smallest absolute Gasteiger partial charge is 0.122 e. The van der Waals surface area contributed by atoms with E-state index in [2.05, 4.69) is 15.3 Å². The molecule has 0 saturated carbocycles. The van der Waals surface area contributed by atoms with E-state index < -0.39 is 0 Å². The van der Waals surface area contributed by atoms with Gasteiger partial charge in [-0.05, 0) is 51.9 Å². The van der Waals surface area contributed by atoms with Crippen molar-refractivity contribution in [1.82, 2.24) is 15.3 Å². The van der Waals surface area contributed by atoms with Gasteiger partial charge in [0.2, 0.25) is 0 Å². The first kappa shape index (κ1) is 15.0. The summed E-state index contributed by atoms with van der Waals surface area (Å²) in [5, 5.41) is 3.34. The maximum atomic E-state index is 6.03. The number of aryl methyl sites for hydroxylation is 2. The average molecular weight is 294 g/mol. The van der Waals surface area contributed by atoms with Crippen LogP contribution in [0.3, 0.4) is 0 Å². The van der Waals surface area contributed by atoms with Crippen LogP contribution in [0.25, 0.3) is 11.0 Å². The summed E-state index contributed by atoms with van der Waals surface area (Å²) in [5.41, 5.74) is 3.81. The minimum absolute atomic E-state index is 0. The Hall–Kier alpha value is -1.39. The maximum Gasteiger partial charge on any atom is 0.122 e. The molecule has 3 rings (SSSR count). The van der Waals surface area contributed by atoms with Crippen LogP contribution in [0.1, 0.15) is 24.2 Å². The lowest BCUT2D eigenvalue weighted by Gasteiger charge is -2.23. The highest BCUT2D eigenvalue weighted by atomic mass is 35.5. The molecule has 1 N–H and O–H groups in total. The molecule has 20 heavy (non-hydrogen) atoms. The number of fused-ring (bicyclic) bond motifs is 1. The van der Waals surface area contributed by atoms with Gasteiger partial charge in [-0.3, -0.25) is 0 Å². The Kier molecular flexibility index (Phi) is 4.78. The third-order valence-corrected chi connectivity index (χ3v) is 3.64. The van der Waals surface area contributed by atoms with E-state index in [-0.39, 0.29) is 12.4 Å². The molecule has 0 radical (unpaired) electrons. The lowest BCUT2D eigenvalue weighted by molar-refractivity contribution is 0.162. The van der Waals surface area contributed by atoms with Gasteiger partial charge in [0, 0.05) is 6.07 Å². The van der Waals surface area contributed by atoms with E-state index in [1.807, 2.05) is 32.0 Å². The molecule has 108 valence electrons. The van der Waals surface area contributed by atoms with Gasteiger partial charge in [-0.2, -0.15) is 0 Å². The van der Waals surface area contributed by atoms with Crippen molar-refractivity contribution in [2.45, 2.75) is 32.8 Å². The van der Waals surface area contributed by atoms with Crippen LogP contribution in [0.15, 0.2) is 18.2 Å². The number of nitrogens with one attached hydrogen (secondary N) is 1. The Morgan fingerprint density at radius 2 is 1.70 bits per heavy atom. The fourth-order valence-corrected chi connectivity index (χ4v) is 2.39. The minimum Gasteiger partial charge on any atom is -0.490 e. The molecule has 0 amide bonds. The predicted molar refractivity (Wildman–Crippen MR) is 82.8 cm³/mol. The minimum atomic E-state index is 0. The van der Waals surface area contributed by atoms with Gasteiger partial charge in [0.1, 0.15) is 11.9 Å². The maximum absolute atomic E-state index is 6.03. The molecule has 0 spiro atoms. The molecule has 1 aliphatic heterocycles. The van der Waals surface area contributed by atoms with Crippen LogP contribution in [-0.2, 0) is 0 Å². The molecule has 0 aliphatic carbocycles. The number of halogens is 1. The van der Waals surface area contributed by atoms with Gasteiger partial charge in [0.25, 0.3) is 0 Å². The molecule has 1 aliphatic rings. The number of hydrogen-bond acceptors (Lipinski definition) is 4. The summed E-state index contributed by atoms with van der Waals surface area (Å²) in [6.45, 7) is 6.05. The Morgan fingerprint density at radius 3 is 2.40 bits per heavy atom. The van der Waals surface area contributed by atoms with Gasteiger partial charge in [-0.25, -0.2) is 9.97 Å². The number of piperidine rings is 1. The molecule has 1 aromatic carbocycles. The molecule has 5 heteroatoms. The first-order valence-electron chi connectivity index (χ1n) is 6.85. The standard InChI is InChI=1S/C15H19N3O.ClH/c1-10-11(2)18-15-9-13(3-4-14(15)17-10)19-12-5-7-16-8-6-12;/h3-4,9,12,16H,5-8H2,1-2H3;1H. The molecular weight excluding hydrogens is 274 g/mol. The van der Waals surface area contributed by atoms with Gasteiger partial charge in [-0.15, -0.1) is 12.4 Å². The number of ether oxygens (including phenoxy) is 1. The third-order valence-electron chi connectivity index (χ3n) is 3.64. The zero-order valence-electron chi connectivity index (χ0n) is 11.8. The van der Waals surface area contributed by atoms with Crippen molar-refractivity contribution >= 4 is 23.4 Å². The second-order valence-electron chi connectivity index (χ2n) is 5.11. The molecule has 4 nitrogen and oxygen atoms in total. The van der Waals surface area contributed by atoms with Crippen LogP contribution >= 0.6 is 12.4 Å². The van der Waals surface area contributed by atoms with Crippen molar-refractivity contribution in [1.29, 1.82) is 0 Å². The number of aromatic nitrogens is 2. The second kappa shape index (κ2) is 6.37. The molecule has 1 aromatic heterocycles. The zero-order chi connectivity index (χ0) is 13.2. The first-order valence-corrected chi connectivity index (χ1v) is 6.85. The van der Waals surface area contributed by atoms with Gasteiger partial charge in [-0.1, -0.05) is 0 Å². The number of nitrogens with zero attached hydrogens (tertiary/aromatic N) is 2. The molecule has 0 bridgehead atoms. The molecule has 1 saturated heterocycles. The van der Waals surface area contributed by atoms with Gasteiger partial charge >= 0.3 is 0 Å². The van der Waals surface area contributed by atoms with Crippen LogP contribution in [0.4, 0.5) is 0 Å². The van der Waals surface area contributed by atoms with Crippen LogP contribution in [0, 0.1) is 13.8 Å². The quantitative estimate of drug-likeness (QED) is 0.925. The summed E-state index contributed by atoms with van der Waals surface area (Å²) < 4.78 is 6.03. The van der Waals surface area contributed by atoms with E-state index in [9.17, 15) is 0 Å². The topological polar surface area (TPSA) is 47.0 Å². The second-order valence-corrected chi connectivity index (χ2v) is 5.11. The highest BCUT2D eigenvalue weighted by molar-refractivity contribution is 5.85. The van der Waals surface area contributed by atoms with Crippen molar-refractivity contribution in [3.05, 3.63) is 29.6 Å². The zero-order valence-corrected chi connectivity index (χ0v) is 12.7. The summed E-state index contributed by atoms with van der Waals surface area (Å²) in [4.78, 5) is 9.11. The fourth-order valence-electron chi connectivity index (χ4n) is 2.39. The van der Waals surface area contributed by atoms with Gasteiger partial charge in [0.15, 0.2) is 0 Å². The van der Waals surface area contributed by atoms with E-state index in [1.54, 1.807) is 0 Å². The van der Waals surface area contributed by atoms with Crippen molar-refractivity contribution in [3.63, 3.8) is 0 Å². The lowest BCUT2D eigenvalue weighted by Crippen LogP contribution is -2.34. The van der Waals surface area contributed by atoms with Crippen LogP contribution in [0.5, 0.6) is 5.75 Å². The summed E-state index contributed by atoms with van der Waals surface area (Å²) in [6, 6.07) is 5.98. The average Bonchev–Trinajstić information content (AvgIpc) is 2.42. The SMILES string of the molecule is Cc1nc2ccc(OC3CCNCC3)cc2nc1C.Cl. The first-order chi connectivity index (χ1) is 9.22. The van der Waals surface area contributed by atoms with E-state index >= 15 is 0 Å². The molecule has 1 fully saturated rings. The van der Waals surface area contributed by atoms with E-state index in [0.717, 1.165) is 54.1 Å². The summed E-state index contributed by atoms with van der Waals surface area (Å²) >= 11 is 0. The Balaban J connectivity index is 0.00000147. The summed E-state index contributed by atoms with van der Waals surface area (Å²) in [6.07, 6.45) is 2.45. The predicted octanol–water partition coefficient (Wildman–Crippen LogP) is 2.80. The van der Waals surface area contributed by atoms with Gasteiger partial charge in [0.05, 0.1) is 22.4 Å². The fraction of sp³-hybridized carbons (Fsp3) is 0.467. The Labute approximate surface area is 125 Å². The monoisotopic (exact) mass is 293 g/mol. The normalized spacial score (nSPS) is 15.9. The third kappa shape index (κ3) is 3.19. The summed E-state index contributed by atoms with van der Waals surface area (Å²) in [5.74, 6) is 0.900. The lowest BCUT2D eigenvalue weighted by atomic mass is 10.1. The largest absolute Gasteiger partial charge is 0.490 e. The molecule has 2 aromatic rings. The molecular formula is C15H20ClN3O. The number of rotatable bonds is 2. The van der Waals surface area contributed by atoms with E-state index in [1.165, 1.54) is 0 Å². The molecule has 0 atom stereocenters. The number of hydrogen-bond donors (Lipinski definition) is 1. The van der Waals surface area contributed by atoms with Crippen molar-refractivity contribution in [3.8, 4) is 5.75 Å². The van der Waals surface area contributed by atoms with Crippen LogP contribution in [-0.4, -0.2) is 29.2 Å². The van der Waals surface area contributed by atoms with Crippen LogP contribution in [0.2, 0.25) is 0 Å². The summed E-state index contributed by atoms with van der Waals surface area (Å²) in [7, 11) is 0. The van der Waals surface area contributed by atoms with Crippen LogP contribution < -0.4 is 10.1 Å². The van der Waals surface area contributed by atoms with E-state index in [4.69, 9.17) is 4.74 Å². The molecule has 2 heterocycles. The molecule has 0 unspecified atom stereocenters. The Bertz CT molecular complexity index is 597. The van der Waals surface area contributed by atoms with Crippen molar-refractivity contribution < 1.29 is 4.74 Å². The van der Waals surface area contributed by atoms with E-state index in [0.29, 0.717) is 6.10 Å².